The number of hydrogen-bond acceptors (Lipinski definition) is 6. The van der Waals surface area contributed by atoms with Crippen molar-refractivity contribution in [2.45, 2.75) is 18.9 Å². The van der Waals surface area contributed by atoms with Gasteiger partial charge in [0.2, 0.25) is 0 Å². The van der Waals surface area contributed by atoms with E-state index in [2.05, 4.69) is 20.7 Å². The van der Waals surface area contributed by atoms with Gasteiger partial charge in [-0.1, -0.05) is 30.7 Å². The molecule has 8 heteroatoms. The van der Waals surface area contributed by atoms with Crippen molar-refractivity contribution in [3.8, 4) is 11.5 Å². The summed E-state index contributed by atoms with van der Waals surface area (Å²) in [6, 6.07) is 9.67. The SMILES string of the molecule is CCC(Cl)Oc1cc2nnnc(Nc3ccccc3F)c2cc1OC. The van der Waals surface area contributed by atoms with E-state index in [-0.39, 0.29) is 5.69 Å². The largest absolute Gasteiger partial charge is 0.493 e. The van der Waals surface area contributed by atoms with Crippen LogP contribution in [-0.2, 0) is 0 Å². The Morgan fingerprint density at radius 1 is 1.20 bits per heavy atom. The van der Waals surface area contributed by atoms with E-state index in [0.717, 1.165) is 0 Å². The lowest BCUT2D eigenvalue weighted by molar-refractivity contribution is 0.261. The summed E-state index contributed by atoms with van der Waals surface area (Å²) in [4.78, 5) is 0. The number of anilines is 2. The van der Waals surface area contributed by atoms with Crippen molar-refractivity contribution < 1.29 is 13.9 Å². The Hall–Kier alpha value is -2.67. The molecule has 1 unspecified atom stereocenters. The Morgan fingerprint density at radius 2 is 2.00 bits per heavy atom. The standard InChI is InChI=1S/C17H16ClFN4O2/c1-3-16(18)25-15-9-13-10(8-14(15)24-2)17(22-23-21-13)20-12-7-5-4-6-11(12)19/h4-9,16H,3H2,1-2H3,(H,20,21,22). The second-order valence-electron chi connectivity index (χ2n) is 5.20. The Morgan fingerprint density at radius 3 is 2.72 bits per heavy atom. The molecule has 130 valence electrons. The van der Waals surface area contributed by atoms with E-state index in [9.17, 15) is 4.39 Å². The number of methoxy groups -OCH3 is 1. The Kier molecular flexibility index (Phi) is 5.14. The number of alkyl halides is 1. The molecular weight excluding hydrogens is 347 g/mol. The van der Waals surface area contributed by atoms with Crippen LogP contribution < -0.4 is 14.8 Å². The molecule has 0 aliphatic heterocycles. The number of nitrogens with zero attached hydrogens (tertiary/aromatic N) is 3. The van der Waals surface area contributed by atoms with E-state index < -0.39 is 11.4 Å². The lowest BCUT2D eigenvalue weighted by Crippen LogP contribution is -2.08. The molecule has 0 amide bonds. The molecule has 0 fully saturated rings. The average molecular weight is 363 g/mol. The number of para-hydroxylation sites is 1. The summed E-state index contributed by atoms with van der Waals surface area (Å²) >= 11 is 6.06. The van der Waals surface area contributed by atoms with Gasteiger partial charge in [0.15, 0.2) is 22.9 Å². The Labute approximate surface area is 148 Å². The van der Waals surface area contributed by atoms with Crippen molar-refractivity contribution in [2.75, 3.05) is 12.4 Å². The van der Waals surface area contributed by atoms with Crippen LogP contribution in [0.4, 0.5) is 15.9 Å². The normalized spacial score (nSPS) is 12.0. The molecule has 1 aromatic heterocycles. The van der Waals surface area contributed by atoms with Crippen molar-refractivity contribution in [1.82, 2.24) is 15.4 Å². The number of hydrogen-bond donors (Lipinski definition) is 1. The number of aromatic nitrogens is 3. The molecule has 1 heterocycles. The van der Waals surface area contributed by atoms with Gasteiger partial charge in [0.25, 0.3) is 0 Å². The maximum Gasteiger partial charge on any atom is 0.172 e. The van der Waals surface area contributed by atoms with Gasteiger partial charge in [0, 0.05) is 6.07 Å². The van der Waals surface area contributed by atoms with E-state index in [1.54, 1.807) is 30.3 Å². The zero-order valence-corrected chi connectivity index (χ0v) is 14.4. The van der Waals surface area contributed by atoms with Crippen molar-refractivity contribution in [3.05, 3.63) is 42.2 Å². The first kappa shape index (κ1) is 17.2. The molecule has 0 saturated carbocycles. The molecule has 0 aliphatic rings. The topological polar surface area (TPSA) is 69.2 Å². The van der Waals surface area contributed by atoms with E-state index in [4.69, 9.17) is 21.1 Å². The van der Waals surface area contributed by atoms with Crippen LogP contribution in [0.25, 0.3) is 10.9 Å². The molecule has 3 rings (SSSR count). The van der Waals surface area contributed by atoms with Crippen LogP contribution in [0.2, 0.25) is 0 Å². The molecule has 2 aromatic carbocycles. The van der Waals surface area contributed by atoms with E-state index >= 15 is 0 Å². The van der Waals surface area contributed by atoms with E-state index in [1.807, 2.05) is 6.92 Å². The highest BCUT2D eigenvalue weighted by atomic mass is 35.5. The molecule has 1 atom stereocenters. The van der Waals surface area contributed by atoms with Gasteiger partial charge in [-0.3, -0.25) is 0 Å². The monoisotopic (exact) mass is 362 g/mol. The zero-order chi connectivity index (χ0) is 17.8. The molecule has 25 heavy (non-hydrogen) atoms. The maximum atomic E-state index is 13.9. The fraction of sp³-hybridized carbons (Fsp3) is 0.235. The molecule has 0 spiro atoms. The number of fused-ring (bicyclic) bond motifs is 1. The quantitative estimate of drug-likeness (QED) is 0.660. The Balaban J connectivity index is 2.05. The first-order chi connectivity index (χ1) is 12.1. The number of ether oxygens (including phenoxy) is 2. The van der Waals surface area contributed by atoms with Crippen LogP contribution in [0.15, 0.2) is 36.4 Å². The van der Waals surface area contributed by atoms with Crippen LogP contribution in [-0.4, -0.2) is 28.1 Å². The van der Waals surface area contributed by atoms with Crippen LogP contribution >= 0.6 is 11.6 Å². The average Bonchev–Trinajstić information content (AvgIpc) is 2.63. The van der Waals surface area contributed by atoms with Crippen molar-refractivity contribution in [2.24, 2.45) is 0 Å². The molecular formula is C17H16ClFN4O2. The molecule has 1 N–H and O–H groups in total. The summed E-state index contributed by atoms with van der Waals surface area (Å²) in [5.41, 5.74) is 0.317. The first-order valence-corrected chi connectivity index (χ1v) is 8.09. The number of halogens is 2. The third-order valence-corrected chi connectivity index (χ3v) is 3.93. The fourth-order valence-corrected chi connectivity index (χ4v) is 2.34. The zero-order valence-electron chi connectivity index (χ0n) is 13.7. The molecule has 3 aromatic rings. The number of nitrogens with one attached hydrogen (secondary N) is 1. The number of rotatable bonds is 6. The fourth-order valence-electron chi connectivity index (χ4n) is 2.25. The third kappa shape index (κ3) is 3.71. The highest BCUT2D eigenvalue weighted by molar-refractivity contribution is 6.19. The highest BCUT2D eigenvalue weighted by Gasteiger charge is 2.15. The predicted octanol–water partition coefficient (Wildman–Crippen LogP) is 4.27. The van der Waals surface area contributed by atoms with Crippen LogP contribution in [0.1, 0.15) is 13.3 Å². The minimum atomic E-state index is -0.489. The van der Waals surface area contributed by atoms with Crippen molar-refractivity contribution in [3.63, 3.8) is 0 Å². The van der Waals surface area contributed by atoms with Gasteiger partial charge in [-0.05, 0) is 29.8 Å². The van der Waals surface area contributed by atoms with Gasteiger partial charge < -0.3 is 14.8 Å². The molecule has 0 aliphatic carbocycles. The predicted molar refractivity (Wildman–Crippen MR) is 94.1 cm³/mol. The summed E-state index contributed by atoms with van der Waals surface area (Å²) in [6.07, 6.45) is 0.630. The Bertz CT molecular complexity index is 894. The summed E-state index contributed by atoms with van der Waals surface area (Å²) in [7, 11) is 1.52. The second kappa shape index (κ2) is 7.48. The van der Waals surface area contributed by atoms with Crippen LogP contribution in [0, 0.1) is 5.82 Å². The van der Waals surface area contributed by atoms with Gasteiger partial charge in [0.1, 0.15) is 11.3 Å². The van der Waals surface area contributed by atoms with Gasteiger partial charge in [-0.25, -0.2) is 4.39 Å². The third-order valence-electron chi connectivity index (χ3n) is 3.54. The first-order valence-electron chi connectivity index (χ1n) is 7.65. The van der Waals surface area contributed by atoms with E-state index in [1.165, 1.54) is 13.2 Å². The smallest absolute Gasteiger partial charge is 0.172 e. The lowest BCUT2D eigenvalue weighted by Gasteiger charge is -2.15. The van der Waals surface area contributed by atoms with Crippen LogP contribution in [0.5, 0.6) is 11.5 Å². The van der Waals surface area contributed by atoms with Crippen LogP contribution in [0.3, 0.4) is 0 Å². The molecule has 0 saturated heterocycles. The maximum absolute atomic E-state index is 13.9. The molecule has 0 bridgehead atoms. The summed E-state index contributed by atoms with van der Waals surface area (Å²) in [5, 5.41) is 15.2. The molecule has 6 nitrogen and oxygen atoms in total. The summed E-state index contributed by atoms with van der Waals surface area (Å²) in [6.45, 7) is 1.91. The second-order valence-corrected chi connectivity index (χ2v) is 5.69. The highest BCUT2D eigenvalue weighted by Crippen LogP contribution is 2.35. The van der Waals surface area contributed by atoms with Crippen molar-refractivity contribution in [1.29, 1.82) is 0 Å². The summed E-state index contributed by atoms with van der Waals surface area (Å²) < 4.78 is 24.9. The molecule has 0 radical (unpaired) electrons. The van der Waals surface area contributed by atoms with Gasteiger partial charge in [0.05, 0.1) is 18.2 Å². The lowest BCUT2D eigenvalue weighted by atomic mass is 10.2. The number of benzene rings is 2. The van der Waals surface area contributed by atoms with E-state index in [0.29, 0.717) is 34.6 Å². The van der Waals surface area contributed by atoms with Crippen molar-refractivity contribution >= 4 is 34.0 Å². The van der Waals surface area contributed by atoms with Gasteiger partial charge in [-0.2, -0.15) is 0 Å². The summed E-state index contributed by atoms with van der Waals surface area (Å²) in [5.74, 6) is 0.888. The minimum Gasteiger partial charge on any atom is -0.493 e. The van der Waals surface area contributed by atoms with Gasteiger partial charge >= 0.3 is 0 Å². The van der Waals surface area contributed by atoms with Gasteiger partial charge in [-0.15, -0.1) is 10.2 Å². The minimum absolute atomic E-state index is 0.287.